The van der Waals surface area contributed by atoms with Crippen LogP contribution in [0.1, 0.15) is 53.1 Å². The molecule has 2 aromatic carbocycles. The first-order valence-electron chi connectivity index (χ1n) is 8.32. The maximum absolute atomic E-state index is 12.2. The molecule has 24 heavy (non-hydrogen) atoms. The van der Waals surface area contributed by atoms with Crippen molar-refractivity contribution in [3.63, 3.8) is 0 Å². The molecule has 4 nitrogen and oxygen atoms in total. The van der Waals surface area contributed by atoms with Crippen molar-refractivity contribution in [1.82, 2.24) is 0 Å². The summed E-state index contributed by atoms with van der Waals surface area (Å²) in [4.78, 5) is 12.2. The van der Waals surface area contributed by atoms with E-state index in [4.69, 9.17) is 4.74 Å². The van der Waals surface area contributed by atoms with Crippen molar-refractivity contribution in [2.45, 2.75) is 44.6 Å². The van der Waals surface area contributed by atoms with Crippen LogP contribution in [0.15, 0.2) is 42.5 Å². The number of phenolic OH excluding ortho intramolecular Hbond substituents is 2. The number of hydrogen-bond acceptors (Lipinski definition) is 4. The molecule has 2 aromatic rings. The maximum atomic E-state index is 12.2. The summed E-state index contributed by atoms with van der Waals surface area (Å²) in [5, 5.41) is 18.9. The van der Waals surface area contributed by atoms with Gasteiger partial charge in [0.15, 0.2) is 0 Å². The number of aryl methyl sites for hydroxylation is 1. The van der Waals surface area contributed by atoms with Crippen molar-refractivity contribution in [3.8, 4) is 11.5 Å². The molecule has 0 aliphatic heterocycles. The summed E-state index contributed by atoms with van der Waals surface area (Å²) in [6.07, 6.45) is 3.57. The second kappa shape index (κ2) is 6.95. The first-order chi connectivity index (χ1) is 11.5. The summed E-state index contributed by atoms with van der Waals surface area (Å²) in [5.74, 6) is 0.592. The fraction of sp³-hybridized carbons (Fsp3) is 0.350. The number of carbonyl (C=O) groups is 1. The Kier molecular flexibility index (Phi) is 4.74. The van der Waals surface area contributed by atoms with Crippen LogP contribution < -0.4 is 0 Å². The van der Waals surface area contributed by atoms with E-state index in [1.54, 1.807) is 31.2 Å². The highest BCUT2D eigenvalue weighted by Crippen LogP contribution is 2.35. The molecule has 126 valence electrons. The SMILES string of the molecule is Cc1cc(C(=O)O[C@H]2CC[C@H](c3ccc(O)cc3)CC2)ccc1O. The van der Waals surface area contributed by atoms with Crippen LogP contribution >= 0.6 is 0 Å². The maximum Gasteiger partial charge on any atom is 0.338 e. The number of esters is 1. The Bertz CT molecular complexity index is 713. The van der Waals surface area contributed by atoms with Crippen LogP contribution in [0.25, 0.3) is 0 Å². The Morgan fingerprint density at radius 3 is 2.29 bits per heavy atom. The molecule has 0 radical (unpaired) electrons. The first-order valence-corrected chi connectivity index (χ1v) is 8.32. The van der Waals surface area contributed by atoms with Gasteiger partial charge in [0.25, 0.3) is 0 Å². The molecule has 2 N–H and O–H groups in total. The Hall–Kier alpha value is -2.49. The average Bonchev–Trinajstić information content (AvgIpc) is 2.59. The number of aromatic hydroxyl groups is 2. The third kappa shape index (κ3) is 3.70. The van der Waals surface area contributed by atoms with Gasteiger partial charge in [0.1, 0.15) is 17.6 Å². The van der Waals surface area contributed by atoms with Gasteiger partial charge in [-0.15, -0.1) is 0 Å². The molecule has 1 saturated carbocycles. The van der Waals surface area contributed by atoms with Gasteiger partial charge in [-0.3, -0.25) is 0 Å². The predicted octanol–water partition coefficient (Wildman–Crippen LogP) is 4.29. The number of benzene rings is 2. The molecule has 0 heterocycles. The van der Waals surface area contributed by atoms with Crippen LogP contribution in [0.5, 0.6) is 11.5 Å². The van der Waals surface area contributed by atoms with Gasteiger partial charge in [-0.25, -0.2) is 4.79 Å². The first kappa shape index (κ1) is 16.4. The normalized spacial score (nSPS) is 20.5. The van der Waals surface area contributed by atoms with Gasteiger partial charge in [-0.1, -0.05) is 12.1 Å². The number of rotatable bonds is 3. The van der Waals surface area contributed by atoms with Gasteiger partial charge in [0.2, 0.25) is 0 Å². The highest BCUT2D eigenvalue weighted by Gasteiger charge is 2.25. The largest absolute Gasteiger partial charge is 0.508 e. The monoisotopic (exact) mass is 326 g/mol. The zero-order valence-corrected chi connectivity index (χ0v) is 13.7. The second-order valence-corrected chi connectivity index (χ2v) is 6.47. The van der Waals surface area contributed by atoms with E-state index in [0.717, 1.165) is 25.7 Å². The molecule has 0 unspecified atom stereocenters. The molecule has 0 amide bonds. The number of ether oxygens (including phenoxy) is 1. The topological polar surface area (TPSA) is 66.8 Å². The van der Waals surface area contributed by atoms with Gasteiger partial charge in [0.05, 0.1) is 5.56 Å². The molecule has 0 bridgehead atoms. The van der Waals surface area contributed by atoms with Gasteiger partial charge in [-0.05, 0) is 80.0 Å². The van der Waals surface area contributed by atoms with Gasteiger partial charge >= 0.3 is 5.97 Å². The molecular formula is C20H22O4. The number of hydrogen-bond donors (Lipinski definition) is 2. The lowest BCUT2D eigenvalue weighted by molar-refractivity contribution is 0.0195. The zero-order valence-electron chi connectivity index (χ0n) is 13.7. The summed E-state index contributed by atoms with van der Waals surface area (Å²) in [5.41, 5.74) is 2.37. The van der Waals surface area contributed by atoms with Crippen molar-refractivity contribution in [1.29, 1.82) is 0 Å². The van der Waals surface area contributed by atoms with Gasteiger partial charge in [0, 0.05) is 0 Å². The highest BCUT2D eigenvalue weighted by atomic mass is 16.5. The lowest BCUT2D eigenvalue weighted by Gasteiger charge is -2.28. The number of phenols is 2. The molecule has 0 aromatic heterocycles. The van der Waals surface area contributed by atoms with Crippen LogP contribution in [-0.2, 0) is 4.74 Å². The van der Waals surface area contributed by atoms with Crippen molar-refractivity contribution < 1.29 is 19.7 Å². The Morgan fingerprint density at radius 2 is 1.67 bits per heavy atom. The van der Waals surface area contributed by atoms with Crippen LogP contribution in [0.2, 0.25) is 0 Å². The summed E-state index contributed by atoms with van der Waals surface area (Å²) >= 11 is 0. The number of carbonyl (C=O) groups excluding carboxylic acids is 1. The van der Waals surface area contributed by atoms with Crippen LogP contribution in [0.4, 0.5) is 0 Å². The van der Waals surface area contributed by atoms with E-state index in [1.165, 1.54) is 11.6 Å². The van der Waals surface area contributed by atoms with Gasteiger partial charge in [-0.2, -0.15) is 0 Å². The van der Waals surface area contributed by atoms with Crippen LogP contribution in [0.3, 0.4) is 0 Å². The zero-order chi connectivity index (χ0) is 17.1. The molecule has 1 aliphatic carbocycles. The molecule has 1 fully saturated rings. The summed E-state index contributed by atoms with van der Waals surface area (Å²) in [7, 11) is 0. The van der Waals surface area contributed by atoms with Crippen molar-refractivity contribution in [2.24, 2.45) is 0 Å². The summed E-state index contributed by atoms with van der Waals surface area (Å²) in [6, 6.07) is 12.1. The third-order valence-corrected chi connectivity index (χ3v) is 4.74. The van der Waals surface area contributed by atoms with Crippen molar-refractivity contribution >= 4 is 5.97 Å². The molecule has 0 atom stereocenters. The molecule has 3 rings (SSSR count). The van der Waals surface area contributed by atoms with Gasteiger partial charge < -0.3 is 14.9 Å². The van der Waals surface area contributed by atoms with E-state index in [1.807, 2.05) is 12.1 Å². The lowest BCUT2D eigenvalue weighted by atomic mass is 9.83. The fourth-order valence-electron chi connectivity index (χ4n) is 3.26. The minimum Gasteiger partial charge on any atom is -0.508 e. The quantitative estimate of drug-likeness (QED) is 0.826. The van der Waals surface area contributed by atoms with E-state index in [-0.39, 0.29) is 23.6 Å². The molecule has 1 aliphatic rings. The molecule has 0 spiro atoms. The summed E-state index contributed by atoms with van der Waals surface area (Å²) < 4.78 is 5.61. The standard InChI is InChI=1S/C20H22O4/c1-13-12-16(6-11-19(13)22)20(23)24-18-9-4-15(5-10-18)14-2-7-17(21)8-3-14/h2-3,6-8,11-12,15,18,21-22H,4-5,9-10H2,1H3/t15-,18-. The highest BCUT2D eigenvalue weighted by molar-refractivity contribution is 5.90. The predicted molar refractivity (Wildman–Crippen MR) is 91.4 cm³/mol. The van der Waals surface area contributed by atoms with Crippen LogP contribution in [0, 0.1) is 6.92 Å². The lowest BCUT2D eigenvalue weighted by Crippen LogP contribution is -2.24. The Labute approximate surface area is 141 Å². The smallest absolute Gasteiger partial charge is 0.338 e. The Morgan fingerprint density at radius 1 is 1.00 bits per heavy atom. The van der Waals surface area contributed by atoms with E-state index in [0.29, 0.717) is 17.0 Å². The molecule has 0 saturated heterocycles. The van der Waals surface area contributed by atoms with Crippen molar-refractivity contribution in [2.75, 3.05) is 0 Å². The summed E-state index contributed by atoms with van der Waals surface area (Å²) in [6.45, 7) is 1.76. The second-order valence-electron chi connectivity index (χ2n) is 6.47. The minimum absolute atomic E-state index is 0.0556. The van der Waals surface area contributed by atoms with E-state index < -0.39 is 0 Å². The van der Waals surface area contributed by atoms with E-state index in [2.05, 4.69) is 0 Å². The minimum atomic E-state index is -0.328. The Balaban J connectivity index is 1.56. The third-order valence-electron chi connectivity index (χ3n) is 4.74. The fourth-order valence-corrected chi connectivity index (χ4v) is 3.26. The van der Waals surface area contributed by atoms with E-state index in [9.17, 15) is 15.0 Å². The molecule has 4 heteroatoms. The average molecular weight is 326 g/mol. The molecular weight excluding hydrogens is 304 g/mol. The van der Waals surface area contributed by atoms with Crippen molar-refractivity contribution in [3.05, 3.63) is 59.2 Å². The van der Waals surface area contributed by atoms with Crippen LogP contribution in [-0.4, -0.2) is 22.3 Å². The van der Waals surface area contributed by atoms with E-state index >= 15 is 0 Å².